The molecule has 1 amide bonds. The largest absolute Gasteiger partial charge is 0.337 e. The van der Waals surface area contributed by atoms with Crippen LogP contribution in [0.1, 0.15) is 5.56 Å². The van der Waals surface area contributed by atoms with Gasteiger partial charge in [0.2, 0.25) is 0 Å². The summed E-state index contributed by atoms with van der Waals surface area (Å²) in [5.41, 5.74) is 0.892. The first-order valence-electron chi connectivity index (χ1n) is 4.38. The Morgan fingerprint density at radius 3 is 2.80 bits per heavy atom. The molecule has 15 heavy (non-hydrogen) atoms. The van der Waals surface area contributed by atoms with Crippen molar-refractivity contribution >= 4 is 29.5 Å². The van der Waals surface area contributed by atoms with Gasteiger partial charge in [0.1, 0.15) is 5.82 Å². The van der Waals surface area contributed by atoms with Crippen molar-refractivity contribution in [3.8, 4) is 0 Å². The Hall–Kier alpha value is -0.740. The minimum Gasteiger partial charge on any atom is -0.337 e. The highest BCUT2D eigenvalue weighted by Gasteiger charge is 2.05. The van der Waals surface area contributed by atoms with E-state index in [1.807, 2.05) is 0 Å². The smallest absolute Gasteiger partial charge is 0.278 e. The van der Waals surface area contributed by atoms with E-state index in [-0.39, 0.29) is 10.3 Å². The molecule has 0 fully saturated rings. The SMILES string of the molecule is CN(CCc1ccc(F)c(Cl)c1)C(=O)S. The standard InChI is InChI=1S/C10H11ClFNOS/c1-13(10(14)15)5-4-7-2-3-9(12)8(11)6-7/h2-3,6H,4-5H2,1H3,(H,14,15). The van der Waals surface area contributed by atoms with Crippen LogP contribution >= 0.6 is 24.2 Å². The summed E-state index contributed by atoms with van der Waals surface area (Å²) in [4.78, 5) is 12.3. The fourth-order valence-electron chi connectivity index (χ4n) is 1.09. The summed E-state index contributed by atoms with van der Waals surface area (Å²) in [5, 5.41) is -0.185. The zero-order valence-corrected chi connectivity index (χ0v) is 9.86. The molecule has 1 aromatic carbocycles. The van der Waals surface area contributed by atoms with Gasteiger partial charge in [-0.2, -0.15) is 0 Å². The third kappa shape index (κ3) is 3.72. The van der Waals surface area contributed by atoms with Gasteiger partial charge in [-0.05, 0) is 24.1 Å². The van der Waals surface area contributed by atoms with Crippen molar-refractivity contribution in [2.24, 2.45) is 0 Å². The average molecular weight is 248 g/mol. The van der Waals surface area contributed by atoms with Crippen LogP contribution in [0.5, 0.6) is 0 Å². The van der Waals surface area contributed by atoms with Crippen LogP contribution in [0.3, 0.4) is 0 Å². The van der Waals surface area contributed by atoms with E-state index in [4.69, 9.17) is 11.6 Å². The predicted molar refractivity (Wildman–Crippen MR) is 62.1 cm³/mol. The molecule has 0 radical (unpaired) electrons. The van der Waals surface area contributed by atoms with Gasteiger partial charge in [-0.25, -0.2) is 4.39 Å². The molecule has 0 bridgehead atoms. The molecule has 0 aromatic heterocycles. The summed E-state index contributed by atoms with van der Waals surface area (Å²) in [6, 6.07) is 4.53. The van der Waals surface area contributed by atoms with Gasteiger partial charge < -0.3 is 4.90 Å². The summed E-state index contributed by atoms with van der Waals surface area (Å²) in [7, 11) is 1.65. The number of thiol groups is 1. The number of halogens is 2. The van der Waals surface area contributed by atoms with Crippen LogP contribution < -0.4 is 0 Å². The molecule has 0 unspecified atom stereocenters. The summed E-state index contributed by atoms with van der Waals surface area (Å²) in [6.45, 7) is 0.532. The first-order chi connectivity index (χ1) is 7.00. The Balaban J connectivity index is 2.58. The molecule has 0 aliphatic rings. The fraction of sp³-hybridized carbons (Fsp3) is 0.300. The second-order valence-electron chi connectivity index (χ2n) is 3.20. The monoisotopic (exact) mass is 247 g/mol. The molecule has 1 rings (SSSR count). The lowest BCUT2D eigenvalue weighted by Crippen LogP contribution is -2.23. The number of carbonyl (C=O) groups is 1. The van der Waals surface area contributed by atoms with Crippen molar-refractivity contribution in [2.75, 3.05) is 13.6 Å². The van der Waals surface area contributed by atoms with Crippen LogP contribution in [-0.4, -0.2) is 23.7 Å². The van der Waals surface area contributed by atoms with Crippen molar-refractivity contribution in [1.29, 1.82) is 0 Å². The van der Waals surface area contributed by atoms with E-state index in [2.05, 4.69) is 12.6 Å². The highest BCUT2D eigenvalue weighted by molar-refractivity contribution is 7.96. The van der Waals surface area contributed by atoms with Crippen LogP contribution in [0.25, 0.3) is 0 Å². The van der Waals surface area contributed by atoms with Gasteiger partial charge in [0.25, 0.3) is 5.24 Å². The lowest BCUT2D eigenvalue weighted by Gasteiger charge is -2.13. The normalized spacial score (nSPS) is 10.1. The number of hydrogen-bond acceptors (Lipinski definition) is 1. The molecule has 0 heterocycles. The maximum absolute atomic E-state index is 12.8. The van der Waals surface area contributed by atoms with Crippen molar-refractivity contribution in [2.45, 2.75) is 6.42 Å². The van der Waals surface area contributed by atoms with Gasteiger partial charge in [0, 0.05) is 13.6 Å². The van der Waals surface area contributed by atoms with E-state index in [1.54, 1.807) is 19.2 Å². The van der Waals surface area contributed by atoms with E-state index >= 15 is 0 Å². The predicted octanol–water partition coefficient (Wildman–Crippen LogP) is 3.00. The summed E-state index contributed by atoms with van der Waals surface area (Å²) in [5.74, 6) is -0.431. The Kier molecular flexibility index (Phi) is 4.42. The topological polar surface area (TPSA) is 20.3 Å². The van der Waals surface area contributed by atoms with E-state index < -0.39 is 5.82 Å². The second kappa shape index (κ2) is 5.37. The highest BCUT2D eigenvalue weighted by Crippen LogP contribution is 2.16. The molecule has 0 aliphatic carbocycles. The minimum atomic E-state index is -0.431. The van der Waals surface area contributed by atoms with Crippen molar-refractivity contribution in [3.63, 3.8) is 0 Å². The summed E-state index contributed by atoms with van der Waals surface area (Å²) >= 11 is 9.30. The second-order valence-corrected chi connectivity index (χ2v) is 3.99. The van der Waals surface area contributed by atoms with E-state index in [1.165, 1.54) is 11.0 Å². The lowest BCUT2D eigenvalue weighted by atomic mass is 10.1. The minimum absolute atomic E-state index is 0.104. The Morgan fingerprint density at radius 2 is 2.27 bits per heavy atom. The Labute approximate surface area is 98.4 Å². The first kappa shape index (κ1) is 12.3. The molecule has 2 nitrogen and oxygen atoms in total. The zero-order chi connectivity index (χ0) is 11.4. The van der Waals surface area contributed by atoms with Gasteiger partial charge in [-0.1, -0.05) is 30.3 Å². The van der Waals surface area contributed by atoms with Gasteiger partial charge in [0.15, 0.2) is 0 Å². The number of amides is 1. The van der Waals surface area contributed by atoms with Crippen LogP contribution in [0, 0.1) is 5.82 Å². The molecule has 5 heteroatoms. The number of rotatable bonds is 3. The quantitative estimate of drug-likeness (QED) is 0.815. The molecule has 1 aromatic rings. The lowest BCUT2D eigenvalue weighted by molar-refractivity contribution is 0.234. The number of hydrogen-bond donors (Lipinski definition) is 1. The summed E-state index contributed by atoms with van der Waals surface area (Å²) in [6.07, 6.45) is 0.628. The number of likely N-dealkylation sites (N-methyl/N-ethyl adjacent to an activating group) is 1. The molecular weight excluding hydrogens is 237 g/mol. The molecule has 0 aliphatic heterocycles. The Morgan fingerprint density at radius 1 is 1.60 bits per heavy atom. The number of carbonyl (C=O) groups excluding carboxylic acids is 1. The van der Waals surface area contributed by atoms with E-state index in [0.29, 0.717) is 13.0 Å². The molecule has 0 saturated heterocycles. The van der Waals surface area contributed by atoms with Crippen LogP contribution in [0.4, 0.5) is 9.18 Å². The van der Waals surface area contributed by atoms with Crippen molar-refractivity contribution in [3.05, 3.63) is 34.6 Å². The maximum Gasteiger partial charge on any atom is 0.278 e. The fourth-order valence-corrected chi connectivity index (χ4v) is 1.39. The average Bonchev–Trinajstić information content (AvgIpc) is 2.19. The molecule has 0 spiro atoms. The molecule has 82 valence electrons. The van der Waals surface area contributed by atoms with Crippen LogP contribution in [0.15, 0.2) is 18.2 Å². The van der Waals surface area contributed by atoms with Gasteiger partial charge in [0.05, 0.1) is 5.02 Å². The Bertz CT molecular complexity index is 372. The van der Waals surface area contributed by atoms with Crippen LogP contribution in [0.2, 0.25) is 5.02 Å². The van der Waals surface area contributed by atoms with Crippen molar-refractivity contribution in [1.82, 2.24) is 4.90 Å². The number of nitrogens with zero attached hydrogens (tertiary/aromatic N) is 1. The molecule has 0 saturated carbocycles. The van der Waals surface area contributed by atoms with Gasteiger partial charge in [-0.3, -0.25) is 4.79 Å². The zero-order valence-electron chi connectivity index (χ0n) is 8.20. The third-order valence-corrected chi connectivity index (χ3v) is 2.68. The molecule has 0 atom stereocenters. The van der Waals surface area contributed by atoms with E-state index in [9.17, 15) is 9.18 Å². The van der Waals surface area contributed by atoms with Crippen LogP contribution in [-0.2, 0) is 6.42 Å². The van der Waals surface area contributed by atoms with Gasteiger partial charge >= 0.3 is 0 Å². The van der Waals surface area contributed by atoms with E-state index in [0.717, 1.165) is 5.56 Å². The van der Waals surface area contributed by atoms with Gasteiger partial charge in [-0.15, -0.1) is 0 Å². The first-order valence-corrected chi connectivity index (χ1v) is 5.21. The number of benzene rings is 1. The summed E-state index contributed by atoms with van der Waals surface area (Å²) < 4.78 is 12.8. The third-order valence-electron chi connectivity index (χ3n) is 2.05. The molecular formula is C10H11ClFNOS. The highest BCUT2D eigenvalue weighted by atomic mass is 35.5. The van der Waals surface area contributed by atoms with Crippen molar-refractivity contribution < 1.29 is 9.18 Å². The molecule has 0 N–H and O–H groups in total. The maximum atomic E-state index is 12.8.